The van der Waals surface area contributed by atoms with Crippen LogP contribution < -0.4 is 10.6 Å². The molecule has 0 aromatic carbocycles. The largest absolute Gasteiger partial charge is 0.378 e. The molecule has 2 aliphatic rings. The highest BCUT2D eigenvalue weighted by molar-refractivity contribution is 5.81. The van der Waals surface area contributed by atoms with Crippen molar-refractivity contribution in [2.45, 2.75) is 25.8 Å². The Morgan fingerprint density at radius 2 is 2.22 bits per heavy atom. The summed E-state index contributed by atoms with van der Waals surface area (Å²) in [5, 5.41) is 6.29. The molecule has 5 nitrogen and oxygen atoms in total. The number of nitrogens with zero attached hydrogens (tertiary/aromatic N) is 1. The van der Waals surface area contributed by atoms with Crippen molar-refractivity contribution in [3.05, 3.63) is 0 Å². The molecule has 1 amide bonds. The highest BCUT2D eigenvalue weighted by atomic mass is 16.5. The number of likely N-dealkylation sites (N-methyl/N-ethyl adjacent to an activating group) is 1. The fraction of sp³-hybridized carbons (Fsp3) is 0.923. The third-order valence-electron chi connectivity index (χ3n) is 3.84. The molecule has 5 heteroatoms. The van der Waals surface area contributed by atoms with Crippen LogP contribution in [0.3, 0.4) is 0 Å². The molecule has 2 N–H and O–H groups in total. The molecule has 0 bridgehead atoms. The molecule has 1 unspecified atom stereocenters. The number of amides is 1. The average Bonchev–Trinajstić information content (AvgIpc) is 2.41. The smallest absolute Gasteiger partial charge is 0.239 e. The lowest BCUT2D eigenvalue weighted by molar-refractivity contribution is -0.133. The van der Waals surface area contributed by atoms with E-state index in [1.807, 2.05) is 6.92 Å². The van der Waals surface area contributed by atoms with Gasteiger partial charge in [-0.1, -0.05) is 0 Å². The van der Waals surface area contributed by atoms with Gasteiger partial charge < -0.3 is 15.4 Å². The van der Waals surface area contributed by atoms with Gasteiger partial charge in [-0.15, -0.1) is 0 Å². The molecule has 1 atom stereocenters. The Balaban J connectivity index is 1.88. The van der Waals surface area contributed by atoms with Crippen LogP contribution in [0, 0.1) is 5.92 Å². The van der Waals surface area contributed by atoms with E-state index in [-0.39, 0.29) is 11.9 Å². The summed E-state index contributed by atoms with van der Waals surface area (Å²) in [7, 11) is 0. The number of carbonyl (C=O) groups is 1. The molecular weight excluding hydrogens is 230 g/mol. The minimum atomic E-state index is -0.0893. The lowest BCUT2D eigenvalue weighted by atomic mass is 9.96. The van der Waals surface area contributed by atoms with E-state index in [0.717, 1.165) is 38.7 Å². The second-order valence-electron chi connectivity index (χ2n) is 5.17. The number of piperidine rings is 1. The predicted molar refractivity (Wildman–Crippen MR) is 70.5 cm³/mol. The summed E-state index contributed by atoms with van der Waals surface area (Å²) >= 11 is 0. The molecule has 2 rings (SSSR count). The third kappa shape index (κ3) is 3.67. The van der Waals surface area contributed by atoms with E-state index in [2.05, 4.69) is 15.5 Å². The first kappa shape index (κ1) is 13.8. The van der Waals surface area contributed by atoms with Gasteiger partial charge >= 0.3 is 0 Å². The Morgan fingerprint density at radius 1 is 1.44 bits per heavy atom. The van der Waals surface area contributed by atoms with Crippen LogP contribution >= 0.6 is 0 Å². The first-order valence-electron chi connectivity index (χ1n) is 7.11. The van der Waals surface area contributed by atoms with Crippen molar-refractivity contribution in [2.24, 2.45) is 5.92 Å². The summed E-state index contributed by atoms with van der Waals surface area (Å²) < 4.78 is 5.45. The Morgan fingerprint density at radius 3 is 2.94 bits per heavy atom. The summed E-state index contributed by atoms with van der Waals surface area (Å²) in [4.78, 5) is 14.3. The van der Waals surface area contributed by atoms with E-state index < -0.39 is 0 Å². The van der Waals surface area contributed by atoms with Gasteiger partial charge in [-0.3, -0.25) is 9.69 Å². The van der Waals surface area contributed by atoms with Gasteiger partial charge in [0.15, 0.2) is 0 Å². The van der Waals surface area contributed by atoms with Crippen LogP contribution in [0.5, 0.6) is 0 Å². The second-order valence-corrected chi connectivity index (χ2v) is 5.17. The molecule has 18 heavy (non-hydrogen) atoms. The molecule has 2 saturated heterocycles. The standard InChI is InChI=1S/C13H25N3O2/c1-2-15-13(17)12-10-18-8-7-16(12)9-11-3-5-14-6-4-11/h11-12,14H,2-10H2,1H3,(H,15,17). The number of carbonyl (C=O) groups excluding carboxylic acids is 1. The van der Waals surface area contributed by atoms with Gasteiger partial charge in [-0.05, 0) is 38.8 Å². The van der Waals surface area contributed by atoms with Crippen LogP contribution in [0.2, 0.25) is 0 Å². The summed E-state index contributed by atoms with van der Waals surface area (Å²) in [6, 6.07) is -0.0893. The minimum absolute atomic E-state index is 0.0893. The normalized spacial score (nSPS) is 27.1. The zero-order valence-electron chi connectivity index (χ0n) is 11.3. The van der Waals surface area contributed by atoms with Gasteiger partial charge in [0.2, 0.25) is 5.91 Å². The lowest BCUT2D eigenvalue weighted by Gasteiger charge is -2.37. The van der Waals surface area contributed by atoms with Gasteiger partial charge in [0.1, 0.15) is 6.04 Å². The van der Waals surface area contributed by atoms with Crippen molar-refractivity contribution < 1.29 is 9.53 Å². The Labute approximate surface area is 109 Å². The Bertz CT molecular complexity index is 267. The van der Waals surface area contributed by atoms with Gasteiger partial charge in [0.05, 0.1) is 13.2 Å². The number of rotatable bonds is 4. The predicted octanol–water partition coefficient (Wildman–Crippen LogP) is -0.177. The number of ether oxygens (including phenoxy) is 1. The van der Waals surface area contributed by atoms with Gasteiger partial charge in [0.25, 0.3) is 0 Å². The first-order valence-corrected chi connectivity index (χ1v) is 7.11. The lowest BCUT2D eigenvalue weighted by Crippen LogP contribution is -2.55. The molecular formula is C13H25N3O2. The molecule has 0 aliphatic carbocycles. The van der Waals surface area contributed by atoms with E-state index in [1.54, 1.807) is 0 Å². The summed E-state index contributed by atoms with van der Waals surface area (Å²) in [5.41, 5.74) is 0. The van der Waals surface area contributed by atoms with Gasteiger partial charge in [-0.2, -0.15) is 0 Å². The van der Waals surface area contributed by atoms with Gasteiger partial charge in [0, 0.05) is 19.6 Å². The van der Waals surface area contributed by atoms with E-state index in [9.17, 15) is 4.79 Å². The maximum atomic E-state index is 12.0. The van der Waals surface area contributed by atoms with Crippen LogP contribution in [-0.4, -0.2) is 62.8 Å². The molecule has 2 fully saturated rings. The zero-order chi connectivity index (χ0) is 12.8. The van der Waals surface area contributed by atoms with E-state index in [4.69, 9.17) is 4.74 Å². The van der Waals surface area contributed by atoms with Crippen LogP contribution in [0.4, 0.5) is 0 Å². The van der Waals surface area contributed by atoms with Crippen LogP contribution in [0.1, 0.15) is 19.8 Å². The number of hydrogen-bond donors (Lipinski definition) is 2. The second kappa shape index (κ2) is 7.07. The molecule has 0 spiro atoms. The summed E-state index contributed by atoms with van der Waals surface area (Å²) in [6.07, 6.45) is 2.44. The monoisotopic (exact) mass is 255 g/mol. The van der Waals surface area contributed by atoms with Crippen LogP contribution in [-0.2, 0) is 9.53 Å². The maximum absolute atomic E-state index is 12.0. The van der Waals surface area contributed by atoms with Gasteiger partial charge in [-0.25, -0.2) is 0 Å². The minimum Gasteiger partial charge on any atom is -0.378 e. The summed E-state index contributed by atoms with van der Waals surface area (Å²) in [5.74, 6) is 0.840. The van der Waals surface area contributed by atoms with Crippen LogP contribution in [0.25, 0.3) is 0 Å². The molecule has 0 aromatic rings. The van der Waals surface area contributed by atoms with Crippen molar-refractivity contribution in [2.75, 3.05) is 45.9 Å². The molecule has 2 heterocycles. The Kier molecular flexibility index (Phi) is 5.41. The third-order valence-corrected chi connectivity index (χ3v) is 3.84. The molecule has 0 aromatic heterocycles. The number of morpholine rings is 1. The zero-order valence-corrected chi connectivity index (χ0v) is 11.3. The fourth-order valence-corrected chi connectivity index (χ4v) is 2.79. The molecule has 104 valence electrons. The topological polar surface area (TPSA) is 53.6 Å². The SMILES string of the molecule is CCNC(=O)C1COCCN1CC1CCNCC1. The fourth-order valence-electron chi connectivity index (χ4n) is 2.79. The Hall–Kier alpha value is -0.650. The van der Waals surface area contributed by atoms with Crippen molar-refractivity contribution in [1.82, 2.24) is 15.5 Å². The van der Waals surface area contributed by atoms with Crippen molar-refractivity contribution in [1.29, 1.82) is 0 Å². The molecule has 0 radical (unpaired) electrons. The van der Waals surface area contributed by atoms with E-state index >= 15 is 0 Å². The average molecular weight is 255 g/mol. The van der Waals surface area contributed by atoms with Crippen molar-refractivity contribution >= 4 is 5.91 Å². The van der Waals surface area contributed by atoms with Crippen molar-refractivity contribution in [3.8, 4) is 0 Å². The van der Waals surface area contributed by atoms with E-state index in [1.165, 1.54) is 12.8 Å². The molecule has 0 saturated carbocycles. The first-order chi connectivity index (χ1) is 8.81. The molecule has 2 aliphatic heterocycles. The van der Waals surface area contributed by atoms with Crippen molar-refractivity contribution in [3.63, 3.8) is 0 Å². The highest BCUT2D eigenvalue weighted by Crippen LogP contribution is 2.17. The van der Waals surface area contributed by atoms with E-state index in [0.29, 0.717) is 13.2 Å². The van der Waals surface area contributed by atoms with Crippen LogP contribution in [0.15, 0.2) is 0 Å². The quantitative estimate of drug-likeness (QED) is 0.732. The maximum Gasteiger partial charge on any atom is 0.239 e. The number of nitrogens with one attached hydrogen (secondary N) is 2. The summed E-state index contributed by atoms with van der Waals surface area (Å²) in [6.45, 7) is 8.08. The number of hydrogen-bond acceptors (Lipinski definition) is 4. The highest BCUT2D eigenvalue weighted by Gasteiger charge is 2.30.